The molecule has 24 heavy (non-hydrogen) atoms. The number of amides is 1. The van der Waals surface area contributed by atoms with Gasteiger partial charge in [0.25, 0.3) is 0 Å². The molecule has 1 amide bonds. The van der Waals surface area contributed by atoms with Gasteiger partial charge in [0.1, 0.15) is 5.82 Å². The molecular formula is C17H26N6O. The van der Waals surface area contributed by atoms with E-state index in [0.29, 0.717) is 32.4 Å². The number of nitrogens with zero attached hydrogens (tertiary/aromatic N) is 6. The van der Waals surface area contributed by atoms with Crippen molar-refractivity contribution < 1.29 is 4.79 Å². The Balaban J connectivity index is 1.91. The van der Waals surface area contributed by atoms with Crippen molar-refractivity contribution >= 4 is 5.91 Å². The van der Waals surface area contributed by atoms with E-state index in [1.54, 1.807) is 6.20 Å². The fourth-order valence-electron chi connectivity index (χ4n) is 2.47. The van der Waals surface area contributed by atoms with Crippen LogP contribution >= 0.6 is 0 Å². The molecule has 0 atom stereocenters. The number of aromatic nitrogens is 2. The standard InChI is InChI=1S/C17H26N6O/c1-5-6-8-17(19-20-17)9-7-16(24)23(13-12-21(2)3)14-15-18-10-11-22(15)4/h1,10-11H,6-9,12-14H2,2-4H3. The van der Waals surface area contributed by atoms with Gasteiger partial charge >= 0.3 is 0 Å². The van der Waals surface area contributed by atoms with Gasteiger partial charge in [0.2, 0.25) is 5.91 Å². The first-order chi connectivity index (χ1) is 11.5. The van der Waals surface area contributed by atoms with Crippen LogP contribution in [0.2, 0.25) is 0 Å². The molecular weight excluding hydrogens is 304 g/mol. The molecule has 0 N–H and O–H groups in total. The number of carbonyl (C=O) groups is 1. The van der Waals surface area contributed by atoms with Gasteiger partial charge in [-0.05, 0) is 14.1 Å². The molecule has 1 aliphatic rings. The Morgan fingerprint density at radius 2 is 2.08 bits per heavy atom. The molecule has 0 saturated heterocycles. The Bertz CT molecular complexity index is 621. The van der Waals surface area contributed by atoms with Crippen LogP contribution in [0.3, 0.4) is 0 Å². The average Bonchev–Trinajstić information content (AvgIpc) is 3.22. The predicted octanol–water partition coefficient (Wildman–Crippen LogP) is 1.67. The molecule has 1 aromatic rings. The largest absolute Gasteiger partial charge is 0.337 e. The average molecular weight is 330 g/mol. The summed E-state index contributed by atoms with van der Waals surface area (Å²) >= 11 is 0. The zero-order chi connectivity index (χ0) is 17.6. The van der Waals surface area contributed by atoms with E-state index >= 15 is 0 Å². The first kappa shape index (κ1) is 18.1. The first-order valence-corrected chi connectivity index (χ1v) is 8.22. The first-order valence-electron chi connectivity index (χ1n) is 8.22. The van der Waals surface area contributed by atoms with E-state index in [9.17, 15) is 4.79 Å². The van der Waals surface area contributed by atoms with E-state index in [2.05, 4.69) is 26.0 Å². The normalized spacial score (nSPS) is 14.6. The van der Waals surface area contributed by atoms with Crippen molar-refractivity contribution in [3.05, 3.63) is 18.2 Å². The predicted molar refractivity (Wildman–Crippen MR) is 92.1 cm³/mol. The Labute approximate surface area is 143 Å². The van der Waals surface area contributed by atoms with Gasteiger partial charge in [-0.25, -0.2) is 4.98 Å². The highest BCUT2D eigenvalue weighted by Crippen LogP contribution is 2.37. The third-order valence-electron chi connectivity index (χ3n) is 4.21. The minimum atomic E-state index is -0.404. The van der Waals surface area contributed by atoms with Crippen LogP contribution < -0.4 is 0 Å². The fraction of sp³-hybridized carbons (Fsp3) is 0.647. The number of rotatable bonds is 10. The van der Waals surface area contributed by atoms with Crippen LogP contribution in [0, 0.1) is 12.3 Å². The van der Waals surface area contributed by atoms with Crippen molar-refractivity contribution in [2.75, 3.05) is 27.2 Å². The minimum Gasteiger partial charge on any atom is -0.337 e. The highest BCUT2D eigenvalue weighted by atomic mass is 16.2. The highest BCUT2D eigenvalue weighted by Gasteiger charge is 2.39. The molecule has 7 heteroatoms. The monoisotopic (exact) mass is 330 g/mol. The second-order valence-electron chi connectivity index (χ2n) is 6.46. The summed E-state index contributed by atoms with van der Waals surface area (Å²) in [5, 5.41) is 8.20. The molecule has 7 nitrogen and oxygen atoms in total. The van der Waals surface area contributed by atoms with Crippen molar-refractivity contribution in [3.63, 3.8) is 0 Å². The summed E-state index contributed by atoms with van der Waals surface area (Å²) < 4.78 is 1.94. The molecule has 1 aromatic heterocycles. The molecule has 0 radical (unpaired) electrons. The van der Waals surface area contributed by atoms with Crippen LogP contribution in [0.25, 0.3) is 0 Å². The summed E-state index contributed by atoms with van der Waals surface area (Å²) in [5.74, 6) is 3.60. The minimum absolute atomic E-state index is 0.109. The summed E-state index contributed by atoms with van der Waals surface area (Å²) in [6.07, 6.45) is 11.4. The number of hydrogen-bond donors (Lipinski definition) is 0. The van der Waals surface area contributed by atoms with Crippen molar-refractivity contribution in [1.29, 1.82) is 0 Å². The molecule has 0 unspecified atom stereocenters. The molecule has 0 spiro atoms. The lowest BCUT2D eigenvalue weighted by atomic mass is 10.0. The molecule has 0 aromatic carbocycles. The van der Waals surface area contributed by atoms with Crippen LogP contribution in [0.1, 0.15) is 31.5 Å². The number of carbonyl (C=O) groups excluding carboxylic acids is 1. The van der Waals surface area contributed by atoms with E-state index in [-0.39, 0.29) is 5.91 Å². The summed E-state index contributed by atoms with van der Waals surface area (Å²) in [5.41, 5.74) is -0.404. The Morgan fingerprint density at radius 3 is 2.62 bits per heavy atom. The maximum absolute atomic E-state index is 12.7. The Kier molecular flexibility index (Phi) is 6.10. The smallest absolute Gasteiger partial charge is 0.223 e. The maximum Gasteiger partial charge on any atom is 0.223 e. The maximum atomic E-state index is 12.7. The van der Waals surface area contributed by atoms with Crippen LogP contribution in [-0.2, 0) is 18.4 Å². The van der Waals surface area contributed by atoms with Crippen molar-refractivity contribution in [1.82, 2.24) is 19.4 Å². The lowest BCUT2D eigenvalue weighted by Crippen LogP contribution is -2.37. The van der Waals surface area contributed by atoms with Crippen molar-refractivity contribution in [2.24, 2.45) is 17.3 Å². The van der Waals surface area contributed by atoms with Gasteiger partial charge in [0, 0.05) is 58.2 Å². The van der Waals surface area contributed by atoms with Gasteiger partial charge < -0.3 is 14.4 Å². The molecule has 0 aliphatic carbocycles. The zero-order valence-electron chi connectivity index (χ0n) is 14.8. The quantitative estimate of drug-likeness (QED) is 0.613. The van der Waals surface area contributed by atoms with Gasteiger partial charge in [-0.15, -0.1) is 12.3 Å². The van der Waals surface area contributed by atoms with E-state index in [1.165, 1.54) is 0 Å². The fourth-order valence-corrected chi connectivity index (χ4v) is 2.47. The van der Waals surface area contributed by atoms with E-state index in [4.69, 9.17) is 6.42 Å². The number of terminal acetylenes is 1. The summed E-state index contributed by atoms with van der Waals surface area (Å²) in [7, 11) is 5.94. The van der Waals surface area contributed by atoms with Crippen LogP contribution in [0.5, 0.6) is 0 Å². The second kappa shape index (κ2) is 8.06. The van der Waals surface area contributed by atoms with Crippen LogP contribution in [0.15, 0.2) is 22.6 Å². The Hall–Kier alpha value is -2.20. The van der Waals surface area contributed by atoms with Gasteiger partial charge in [-0.2, -0.15) is 10.2 Å². The van der Waals surface area contributed by atoms with E-state index in [0.717, 1.165) is 18.8 Å². The van der Waals surface area contributed by atoms with Gasteiger partial charge in [-0.3, -0.25) is 4.79 Å². The molecule has 1 aliphatic heterocycles. The molecule has 130 valence electrons. The van der Waals surface area contributed by atoms with E-state index in [1.807, 2.05) is 36.8 Å². The molecule has 2 rings (SSSR count). The Morgan fingerprint density at radius 1 is 1.33 bits per heavy atom. The van der Waals surface area contributed by atoms with Crippen LogP contribution in [-0.4, -0.2) is 58.1 Å². The van der Waals surface area contributed by atoms with Crippen molar-refractivity contribution in [3.8, 4) is 12.3 Å². The molecule has 0 fully saturated rings. The summed E-state index contributed by atoms with van der Waals surface area (Å²) in [6, 6.07) is 0. The number of hydrogen-bond acceptors (Lipinski definition) is 5. The number of aryl methyl sites for hydroxylation is 1. The van der Waals surface area contributed by atoms with E-state index < -0.39 is 5.66 Å². The van der Waals surface area contributed by atoms with Crippen molar-refractivity contribution in [2.45, 2.75) is 37.9 Å². The van der Waals surface area contributed by atoms with Crippen LogP contribution in [0.4, 0.5) is 0 Å². The molecule has 0 bridgehead atoms. The third kappa shape index (κ3) is 5.17. The van der Waals surface area contributed by atoms with Gasteiger partial charge in [0.05, 0.1) is 6.54 Å². The van der Waals surface area contributed by atoms with Gasteiger partial charge in [0.15, 0.2) is 5.66 Å². The SMILES string of the molecule is C#CCCC1(CCC(=O)N(CCN(C)C)Cc2nccn2C)N=N1. The summed E-state index contributed by atoms with van der Waals surface area (Å²) in [4.78, 5) is 20.9. The number of imidazole rings is 1. The third-order valence-corrected chi connectivity index (χ3v) is 4.21. The second-order valence-corrected chi connectivity index (χ2v) is 6.46. The lowest BCUT2D eigenvalue weighted by Gasteiger charge is -2.24. The molecule has 0 saturated carbocycles. The zero-order valence-corrected chi connectivity index (χ0v) is 14.8. The lowest BCUT2D eigenvalue weighted by molar-refractivity contribution is -0.132. The van der Waals surface area contributed by atoms with Gasteiger partial charge in [-0.1, -0.05) is 0 Å². The number of likely N-dealkylation sites (N-methyl/N-ethyl adjacent to an activating group) is 1. The molecule has 2 heterocycles. The highest BCUT2D eigenvalue weighted by molar-refractivity contribution is 5.76. The summed E-state index contributed by atoms with van der Waals surface area (Å²) in [6.45, 7) is 2.00. The topological polar surface area (TPSA) is 66.1 Å².